The first kappa shape index (κ1) is 19.8. The van der Waals surface area contributed by atoms with Gasteiger partial charge in [0, 0.05) is 12.1 Å². The van der Waals surface area contributed by atoms with Crippen LogP contribution >= 0.6 is 11.6 Å². The highest BCUT2D eigenvalue weighted by molar-refractivity contribution is 7.94. The van der Waals surface area contributed by atoms with E-state index in [0.29, 0.717) is 9.99 Å². The van der Waals surface area contributed by atoms with E-state index in [1.54, 1.807) is 12.1 Å². The number of nitrogens with zero attached hydrogens (tertiary/aromatic N) is 1. The normalized spacial score (nSPS) is 15.4. The molecule has 1 N–H and O–H groups in total. The van der Waals surface area contributed by atoms with Crippen molar-refractivity contribution in [1.29, 1.82) is 0 Å². The van der Waals surface area contributed by atoms with Gasteiger partial charge < -0.3 is 10.1 Å². The fourth-order valence-corrected chi connectivity index (χ4v) is 4.38. The Morgan fingerprint density at radius 1 is 1.18 bits per heavy atom. The molecule has 2 aromatic carbocycles. The third kappa shape index (κ3) is 3.85. The first-order valence-corrected chi connectivity index (χ1v) is 10.1. The van der Waals surface area contributed by atoms with Crippen molar-refractivity contribution in [2.75, 3.05) is 22.5 Å². The molecule has 0 aromatic heterocycles. The van der Waals surface area contributed by atoms with E-state index in [4.69, 9.17) is 11.6 Å². The van der Waals surface area contributed by atoms with Crippen molar-refractivity contribution in [1.82, 2.24) is 0 Å². The molecule has 28 heavy (non-hydrogen) atoms. The maximum atomic E-state index is 12.6. The molecule has 8 nitrogen and oxygen atoms in total. The van der Waals surface area contributed by atoms with Gasteiger partial charge in [0.2, 0.25) is 15.9 Å². The zero-order valence-electron chi connectivity index (χ0n) is 14.6. The van der Waals surface area contributed by atoms with Gasteiger partial charge in [-0.15, -0.1) is 0 Å². The monoisotopic (exact) mass is 422 g/mol. The second-order valence-corrected chi connectivity index (χ2v) is 8.26. The van der Waals surface area contributed by atoms with E-state index in [0.717, 1.165) is 0 Å². The molecular weight excluding hydrogens is 408 g/mol. The van der Waals surface area contributed by atoms with Crippen LogP contribution in [0, 0.1) is 0 Å². The van der Waals surface area contributed by atoms with Crippen molar-refractivity contribution >= 4 is 50.8 Å². The summed E-state index contributed by atoms with van der Waals surface area (Å²) in [6.07, 6.45) is -0.118. The first-order valence-electron chi connectivity index (χ1n) is 8.08. The minimum absolute atomic E-state index is 0.0162. The van der Waals surface area contributed by atoms with Gasteiger partial charge in [-0.2, -0.15) is 0 Å². The number of hydrogen-bond donors (Lipinski definition) is 1. The summed E-state index contributed by atoms with van der Waals surface area (Å²) in [5.41, 5.74) is 0.589. The number of sulfonamides is 1. The number of benzene rings is 2. The molecule has 1 heterocycles. The van der Waals surface area contributed by atoms with Crippen LogP contribution in [-0.2, 0) is 19.6 Å². The van der Waals surface area contributed by atoms with Crippen LogP contribution in [0.4, 0.5) is 11.4 Å². The molecule has 0 aliphatic carbocycles. The molecular formula is C18H15ClN2O6S. The maximum Gasteiger partial charge on any atom is 0.337 e. The van der Waals surface area contributed by atoms with Gasteiger partial charge in [-0.3, -0.25) is 9.59 Å². The van der Waals surface area contributed by atoms with Crippen LogP contribution in [0.5, 0.6) is 0 Å². The number of esters is 1. The number of ether oxygens (including phenoxy) is 1. The quantitative estimate of drug-likeness (QED) is 0.758. The zero-order valence-corrected chi connectivity index (χ0v) is 16.2. The number of carbonyl (C=O) groups is 3. The summed E-state index contributed by atoms with van der Waals surface area (Å²) in [6, 6.07) is 10.0. The van der Waals surface area contributed by atoms with Crippen LogP contribution in [0.3, 0.4) is 0 Å². The average molecular weight is 423 g/mol. The van der Waals surface area contributed by atoms with Crippen molar-refractivity contribution in [3.05, 3.63) is 58.6 Å². The summed E-state index contributed by atoms with van der Waals surface area (Å²) >= 11 is 6.09. The lowest BCUT2D eigenvalue weighted by molar-refractivity contribution is -0.116. The van der Waals surface area contributed by atoms with Gasteiger partial charge in [0.1, 0.15) is 0 Å². The van der Waals surface area contributed by atoms with E-state index < -0.39 is 27.8 Å². The van der Waals surface area contributed by atoms with Gasteiger partial charge in [0.25, 0.3) is 5.91 Å². The third-order valence-corrected chi connectivity index (χ3v) is 6.07. The van der Waals surface area contributed by atoms with Crippen LogP contribution in [0.1, 0.15) is 27.1 Å². The van der Waals surface area contributed by atoms with E-state index in [2.05, 4.69) is 10.1 Å². The molecule has 0 atom stereocenters. The maximum absolute atomic E-state index is 12.6. The van der Waals surface area contributed by atoms with Gasteiger partial charge in [-0.25, -0.2) is 17.5 Å². The predicted octanol–water partition coefficient (Wildman–Crippen LogP) is 2.45. The van der Waals surface area contributed by atoms with Crippen LogP contribution in [0.25, 0.3) is 0 Å². The molecule has 0 radical (unpaired) electrons. The van der Waals surface area contributed by atoms with Gasteiger partial charge in [-0.1, -0.05) is 17.7 Å². The highest BCUT2D eigenvalue weighted by Crippen LogP contribution is 2.29. The van der Waals surface area contributed by atoms with Gasteiger partial charge in [0.05, 0.1) is 34.7 Å². The van der Waals surface area contributed by atoms with Crippen molar-refractivity contribution in [2.24, 2.45) is 0 Å². The molecule has 0 spiro atoms. The minimum Gasteiger partial charge on any atom is -0.465 e. The molecule has 1 aliphatic rings. The molecule has 10 heteroatoms. The molecule has 1 saturated heterocycles. The second-order valence-electron chi connectivity index (χ2n) is 5.91. The fourth-order valence-electron chi connectivity index (χ4n) is 2.72. The molecule has 0 bridgehead atoms. The zero-order chi connectivity index (χ0) is 20.5. The summed E-state index contributed by atoms with van der Waals surface area (Å²) in [5.74, 6) is -2.04. The summed E-state index contributed by atoms with van der Waals surface area (Å²) in [5, 5.41) is 2.66. The van der Waals surface area contributed by atoms with E-state index in [1.165, 1.54) is 37.4 Å². The number of anilines is 2. The highest BCUT2D eigenvalue weighted by atomic mass is 35.5. The molecule has 1 aliphatic heterocycles. The summed E-state index contributed by atoms with van der Waals surface area (Å²) in [4.78, 5) is 36.2. The van der Waals surface area contributed by atoms with Crippen LogP contribution in [0.2, 0.25) is 5.02 Å². The Bertz CT molecular complexity index is 1080. The second kappa shape index (κ2) is 7.61. The lowest BCUT2D eigenvalue weighted by Crippen LogP contribution is -2.29. The standard InChI is InChI=1S/C18H15ClN2O6S/c1-27-18(24)11-3-2-4-12(9-11)20-17(23)14-10-13(5-6-15(14)19)21-16(22)7-8-28(21,25)26/h2-6,9-10H,7-8H2,1H3,(H,20,23). The average Bonchev–Trinajstić information content (AvgIpc) is 2.94. The largest absolute Gasteiger partial charge is 0.465 e. The number of halogens is 1. The Balaban J connectivity index is 1.91. The number of hydrogen-bond acceptors (Lipinski definition) is 6. The lowest BCUT2D eigenvalue weighted by Gasteiger charge is -2.16. The van der Waals surface area contributed by atoms with E-state index in [1.807, 2.05) is 0 Å². The SMILES string of the molecule is COC(=O)c1cccc(NC(=O)c2cc(N3C(=O)CCS3(=O)=O)ccc2Cl)c1. The van der Waals surface area contributed by atoms with E-state index in [-0.39, 0.29) is 34.0 Å². The van der Waals surface area contributed by atoms with Crippen molar-refractivity contribution in [3.63, 3.8) is 0 Å². The smallest absolute Gasteiger partial charge is 0.337 e. The third-order valence-electron chi connectivity index (χ3n) is 4.05. The summed E-state index contributed by atoms with van der Waals surface area (Å²) in [7, 11) is -2.52. The molecule has 0 saturated carbocycles. The Morgan fingerprint density at radius 2 is 1.93 bits per heavy atom. The van der Waals surface area contributed by atoms with Gasteiger partial charge >= 0.3 is 5.97 Å². The first-order chi connectivity index (χ1) is 13.2. The number of nitrogens with one attached hydrogen (secondary N) is 1. The lowest BCUT2D eigenvalue weighted by atomic mass is 10.1. The molecule has 146 valence electrons. The molecule has 2 amide bonds. The molecule has 2 aromatic rings. The minimum atomic E-state index is -3.76. The summed E-state index contributed by atoms with van der Waals surface area (Å²) in [6.45, 7) is 0. The molecule has 1 fully saturated rings. The molecule has 0 unspecified atom stereocenters. The van der Waals surface area contributed by atoms with Crippen molar-refractivity contribution in [2.45, 2.75) is 6.42 Å². The number of methoxy groups -OCH3 is 1. The summed E-state index contributed by atoms with van der Waals surface area (Å²) < 4.78 is 29.5. The van der Waals surface area contributed by atoms with Gasteiger partial charge in [-0.05, 0) is 36.4 Å². The Kier molecular flexibility index (Phi) is 5.39. The number of rotatable bonds is 4. The van der Waals surface area contributed by atoms with Crippen molar-refractivity contribution < 1.29 is 27.5 Å². The van der Waals surface area contributed by atoms with Crippen LogP contribution in [0.15, 0.2) is 42.5 Å². The van der Waals surface area contributed by atoms with Crippen LogP contribution < -0.4 is 9.62 Å². The predicted molar refractivity (Wildman–Crippen MR) is 103 cm³/mol. The Labute approximate surface area is 166 Å². The van der Waals surface area contributed by atoms with E-state index in [9.17, 15) is 22.8 Å². The Hall–Kier alpha value is -2.91. The Morgan fingerprint density at radius 3 is 2.57 bits per heavy atom. The van der Waals surface area contributed by atoms with Crippen LogP contribution in [-0.4, -0.2) is 39.1 Å². The van der Waals surface area contributed by atoms with Crippen molar-refractivity contribution in [3.8, 4) is 0 Å². The van der Waals surface area contributed by atoms with E-state index >= 15 is 0 Å². The van der Waals surface area contributed by atoms with Gasteiger partial charge in [0.15, 0.2) is 0 Å². The number of amides is 2. The molecule has 3 rings (SSSR count). The fraction of sp³-hybridized carbons (Fsp3) is 0.167. The highest BCUT2D eigenvalue weighted by Gasteiger charge is 2.36. The number of carbonyl (C=O) groups excluding carboxylic acids is 3. The topological polar surface area (TPSA) is 110 Å².